The zero-order valence-corrected chi connectivity index (χ0v) is 11.4. The molecule has 3 aromatic rings. The Morgan fingerprint density at radius 1 is 1.19 bits per heavy atom. The Bertz CT molecular complexity index is 795. The average molecular weight is 279 g/mol. The summed E-state index contributed by atoms with van der Waals surface area (Å²) in [7, 11) is 0. The van der Waals surface area contributed by atoms with E-state index in [0.717, 1.165) is 10.2 Å². The molecule has 0 aliphatic carbocycles. The quantitative estimate of drug-likeness (QED) is 0.774. The van der Waals surface area contributed by atoms with E-state index in [9.17, 15) is 4.79 Å². The Morgan fingerprint density at radius 2 is 2.05 bits per heavy atom. The van der Waals surface area contributed by atoms with Crippen LogP contribution in [0.2, 0.25) is 0 Å². The molecule has 2 aromatic heterocycles. The first-order valence-corrected chi connectivity index (χ1v) is 6.40. The highest BCUT2D eigenvalue weighted by Crippen LogP contribution is 2.15. The molecular weight excluding hydrogens is 266 g/mol. The summed E-state index contributed by atoms with van der Waals surface area (Å²) in [5.74, 6) is 0.0575. The molecular formula is C15H13N5O. The molecule has 0 fully saturated rings. The number of carbonyl (C=O) groups excluding carboxylic acids is 1. The van der Waals surface area contributed by atoms with Crippen LogP contribution in [0.4, 0.5) is 5.95 Å². The molecule has 0 bridgehead atoms. The third-order valence-corrected chi connectivity index (χ3v) is 2.98. The molecule has 0 aliphatic heterocycles. The first-order valence-electron chi connectivity index (χ1n) is 6.40. The van der Waals surface area contributed by atoms with Gasteiger partial charge in [0.2, 0.25) is 11.8 Å². The third kappa shape index (κ3) is 2.51. The van der Waals surface area contributed by atoms with Gasteiger partial charge in [0, 0.05) is 11.8 Å². The van der Waals surface area contributed by atoms with E-state index in [2.05, 4.69) is 15.1 Å². The van der Waals surface area contributed by atoms with Gasteiger partial charge in [0.25, 0.3) is 5.91 Å². The second-order valence-electron chi connectivity index (χ2n) is 4.60. The van der Waals surface area contributed by atoms with Crippen LogP contribution in [0.1, 0.15) is 15.9 Å². The first-order chi connectivity index (χ1) is 10.1. The standard InChI is InChI=1S/C15H13N5O/c1-10-5-4-6-11(9-10)14(21)20-15(16)18-13(19-20)12-7-2-3-8-17-12/h2-9H,1H3,(H2,16,18,19). The van der Waals surface area contributed by atoms with E-state index >= 15 is 0 Å². The SMILES string of the molecule is Cc1cccc(C(=O)n2nc(-c3ccccn3)nc2N)c1. The van der Waals surface area contributed by atoms with Gasteiger partial charge < -0.3 is 5.73 Å². The highest BCUT2D eigenvalue weighted by molar-refractivity contribution is 5.97. The van der Waals surface area contributed by atoms with Crippen molar-refractivity contribution in [3.63, 3.8) is 0 Å². The van der Waals surface area contributed by atoms with Crippen molar-refractivity contribution in [3.05, 3.63) is 59.8 Å². The average Bonchev–Trinajstić information content (AvgIpc) is 2.89. The van der Waals surface area contributed by atoms with Gasteiger partial charge in [-0.3, -0.25) is 9.78 Å². The topological polar surface area (TPSA) is 86.7 Å². The maximum absolute atomic E-state index is 12.4. The fourth-order valence-corrected chi connectivity index (χ4v) is 1.98. The fraction of sp³-hybridized carbons (Fsp3) is 0.0667. The van der Waals surface area contributed by atoms with Crippen LogP contribution < -0.4 is 5.73 Å². The first kappa shape index (κ1) is 13.0. The molecule has 0 spiro atoms. The van der Waals surface area contributed by atoms with Crippen molar-refractivity contribution < 1.29 is 4.79 Å². The third-order valence-electron chi connectivity index (χ3n) is 2.98. The van der Waals surface area contributed by atoms with Crippen LogP contribution in [-0.2, 0) is 0 Å². The maximum atomic E-state index is 12.4. The van der Waals surface area contributed by atoms with Crippen LogP contribution in [0.5, 0.6) is 0 Å². The van der Waals surface area contributed by atoms with Crippen LogP contribution in [-0.4, -0.2) is 25.7 Å². The number of aryl methyl sites for hydroxylation is 1. The molecule has 21 heavy (non-hydrogen) atoms. The zero-order chi connectivity index (χ0) is 14.8. The Kier molecular flexibility index (Phi) is 3.19. The van der Waals surface area contributed by atoms with E-state index in [1.54, 1.807) is 30.5 Å². The maximum Gasteiger partial charge on any atom is 0.281 e. The largest absolute Gasteiger partial charge is 0.368 e. The second kappa shape index (κ2) is 5.16. The number of anilines is 1. The minimum atomic E-state index is -0.314. The summed E-state index contributed by atoms with van der Waals surface area (Å²) < 4.78 is 1.10. The summed E-state index contributed by atoms with van der Waals surface area (Å²) >= 11 is 0. The molecule has 1 aromatic carbocycles. The minimum absolute atomic E-state index is 0.0437. The van der Waals surface area contributed by atoms with Gasteiger partial charge in [0.1, 0.15) is 5.69 Å². The van der Waals surface area contributed by atoms with Gasteiger partial charge in [-0.25, -0.2) is 0 Å². The number of nitrogens with two attached hydrogens (primary N) is 1. The van der Waals surface area contributed by atoms with Gasteiger partial charge in [0.15, 0.2) is 0 Å². The van der Waals surface area contributed by atoms with E-state index in [-0.39, 0.29) is 11.9 Å². The zero-order valence-electron chi connectivity index (χ0n) is 11.4. The van der Waals surface area contributed by atoms with Crippen molar-refractivity contribution in [2.45, 2.75) is 6.92 Å². The Morgan fingerprint density at radius 3 is 2.76 bits per heavy atom. The highest BCUT2D eigenvalue weighted by atomic mass is 16.2. The lowest BCUT2D eigenvalue weighted by molar-refractivity contribution is 0.0948. The van der Waals surface area contributed by atoms with Crippen molar-refractivity contribution in [2.24, 2.45) is 0 Å². The van der Waals surface area contributed by atoms with Gasteiger partial charge in [-0.15, -0.1) is 5.10 Å². The number of nitrogens with zero attached hydrogens (tertiary/aromatic N) is 4. The molecule has 0 radical (unpaired) electrons. The predicted octanol–water partition coefficient (Wildman–Crippen LogP) is 1.92. The molecule has 6 nitrogen and oxygen atoms in total. The number of aromatic nitrogens is 4. The lowest BCUT2D eigenvalue weighted by Gasteiger charge is -2.02. The number of benzene rings is 1. The van der Waals surface area contributed by atoms with E-state index in [4.69, 9.17) is 5.73 Å². The number of hydrogen-bond donors (Lipinski definition) is 1. The molecule has 6 heteroatoms. The monoisotopic (exact) mass is 279 g/mol. The molecule has 0 atom stereocenters. The normalized spacial score (nSPS) is 10.5. The molecule has 0 saturated carbocycles. The molecule has 2 N–H and O–H groups in total. The van der Waals surface area contributed by atoms with E-state index < -0.39 is 0 Å². The van der Waals surface area contributed by atoms with Gasteiger partial charge in [-0.1, -0.05) is 23.8 Å². The van der Waals surface area contributed by atoms with E-state index in [1.165, 1.54) is 0 Å². The molecule has 0 aliphatic rings. The Balaban J connectivity index is 2.00. The van der Waals surface area contributed by atoms with Crippen LogP contribution in [0, 0.1) is 6.92 Å². The van der Waals surface area contributed by atoms with Gasteiger partial charge >= 0.3 is 0 Å². The molecule has 104 valence electrons. The van der Waals surface area contributed by atoms with Gasteiger partial charge in [0.05, 0.1) is 0 Å². The summed E-state index contributed by atoms with van der Waals surface area (Å²) in [6.45, 7) is 1.92. The van der Waals surface area contributed by atoms with Crippen molar-refractivity contribution in [2.75, 3.05) is 5.73 Å². The van der Waals surface area contributed by atoms with Gasteiger partial charge in [-0.05, 0) is 31.2 Å². The highest BCUT2D eigenvalue weighted by Gasteiger charge is 2.17. The van der Waals surface area contributed by atoms with Crippen molar-refractivity contribution in [3.8, 4) is 11.5 Å². The molecule has 0 saturated heterocycles. The minimum Gasteiger partial charge on any atom is -0.368 e. The van der Waals surface area contributed by atoms with Crippen molar-refractivity contribution in [1.29, 1.82) is 0 Å². The van der Waals surface area contributed by atoms with Crippen LogP contribution in [0.25, 0.3) is 11.5 Å². The summed E-state index contributed by atoms with van der Waals surface area (Å²) in [5, 5.41) is 4.15. The Hall–Kier alpha value is -3.02. The number of rotatable bonds is 2. The molecule has 0 unspecified atom stereocenters. The summed E-state index contributed by atoms with van der Waals surface area (Å²) in [6.07, 6.45) is 1.63. The lowest BCUT2D eigenvalue weighted by Crippen LogP contribution is -2.16. The smallest absolute Gasteiger partial charge is 0.281 e. The predicted molar refractivity (Wildman–Crippen MR) is 78.6 cm³/mol. The Labute approximate surface area is 121 Å². The summed E-state index contributed by atoms with van der Waals surface area (Å²) in [4.78, 5) is 20.7. The van der Waals surface area contributed by atoms with E-state index in [0.29, 0.717) is 17.1 Å². The molecule has 2 heterocycles. The van der Waals surface area contributed by atoms with Gasteiger partial charge in [-0.2, -0.15) is 9.67 Å². The number of pyridine rings is 1. The van der Waals surface area contributed by atoms with Crippen LogP contribution in [0.15, 0.2) is 48.7 Å². The van der Waals surface area contributed by atoms with Crippen LogP contribution >= 0.6 is 0 Å². The number of hydrogen-bond acceptors (Lipinski definition) is 5. The fourth-order valence-electron chi connectivity index (χ4n) is 1.98. The van der Waals surface area contributed by atoms with Crippen molar-refractivity contribution in [1.82, 2.24) is 19.7 Å². The lowest BCUT2D eigenvalue weighted by atomic mass is 10.1. The van der Waals surface area contributed by atoms with Crippen LogP contribution in [0.3, 0.4) is 0 Å². The molecule has 3 rings (SSSR count). The number of nitrogen functional groups attached to an aromatic ring is 1. The van der Waals surface area contributed by atoms with E-state index in [1.807, 2.05) is 25.1 Å². The number of carbonyl (C=O) groups is 1. The summed E-state index contributed by atoms with van der Waals surface area (Å²) in [6, 6.07) is 12.6. The molecule has 0 amide bonds. The van der Waals surface area contributed by atoms with Crippen molar-refractivity contribution >= 4 is 11.9 Å². The summed E-state index contributed by atoms with van der Waals surface area (Å²) in [5.41, 5.74) is 7.87. The second-order valence-corrected chi connectivity index (χ2v) is 4.60.